The summed E-state index contributed by atoms with van der Waals surface area (Å²) in [5, 5.41) is 1.10. The molecule has 0 aliphatic carbocycles. The van der Waals surface area contributed by atoms with Crippen molar-refractivity contribution in [3.05, 3.63) is 98.3 Å². The highest BCUT2D eigenvalue weighted by Crippen LogP contribution is 2.23. The van der Waals surface area contributed by atoms with Crippen LogP contribution in [-0.4, -0.2) is 16.6 Å². The number of hydrogen-bond acceptors (Lipinski definition) is 3. The second kappa shape index (κ2) is 8.68. The van der Waals surface area contributed by atoms with Crippen molar-refractivity contribution in [2.75, 3.05) is 0 Å². The van der Waals surface area contributed by atoms with Gasteiger partial charge in [0, 0.05) is 22.9 Å². The third-order valence-electron chi connectivity index (χ3n) is 4.70. The van der Waals surface area contributed by atoms with Gasteiger partial charge in [0.25, 0.3) is 0 Å². The first-order valence-corrected chi connectivity index (χ1v) is 9.64. The van der Waals surface area contributed by atoms with Crippen LogP contribution in [0.4, 0.5) is 0 Å². The summed E-state index contributed by atoms with van der Waals surface area (Å²) in [7, 11) is 0. The van der Waals surface area contributed by atoms with Crippen molar-refractivity contribution in [1.29, 1.82) is 0 Å². The lowest BCUT2D eigenvalue weighted by atomic mass is 10.00. The summed E-state index contributed by atoms with van der Waals surface area (Å²) in [5.41, 5.74) is 3.95. The number of ketones is 2. The third-order valence-corrected chi connectivity index (χ3v) is 5.41. The van der Waals surface area contributed by atoms with Crippen LogP contribution in [0, 0.1) is 13.8 Å². The Labute approximate surface area is 174 Å². The Bertz CT molecular complexity index is 939. The Kier molecular flexibility index (Phi) is 6.28. The second-order valence-corrected chi connectivity index (χ2v) is 7.49. The fraction of sp³-hybridized carbons (Fsp3) is 0.174. The van der Waals surface area contributed by atoms with Gasteiger partial charge in [-0.15, -0.1) is 0 Å². The monoisotopic (exact) mass is 411 g/mol. The molecule has 1 heterocycles. The standard InChI is InChI=1S/C23H19Cl2NO2/c1-14-6-3-8-18(24)16(14)12-22(27)20-10-5-11-21(26-20)23(28)13-17-15(2)7-4-9-19(17)25/h3-11H,12-13H2,1-2H3. The normalized spacial score (nSPS) is 10.7. The topological polar surface area (TPSA) is 47.0 Å². The number of pyridine rings is 1. The maximum absolute atomic E-state index is 12.7. The molecule has 0 aliphatic heterocycles. The molecule has 0 saturated carbocycles. The first-order chi connectivity index (χ1) is 13.4. The highest BCUT2D eigenvalue weighted by atomic mass is 35.5. The van der Waals surface area contributed by atoms with Crippen LogP contribution in [0.1, 0.15) is 43.2 Å². The summed E-state index contributed by atoms with van der Waals surface area (Å²) in [4.78, 5) is 29.7. The molecule has 0 N–H and O–H groups in total. The molecule has 142 valence electrons. The van der Waals surface area contributed by atoms with Gasteiger partial charge in [-0.25, -0.2) is 4.98 Å². The van der Waals surface area contributed by atoms with Crippen LogP contribution in [0.25, 0.3) is 0 Å². The van der Waals surface area contributed by atoms with Crippen molar-refractivity contribution in [1.82, 2.24) is 4.98 Å². The number of hydrogen-bond donors (Lipinski definition) is 0. The van der Waals surface area contributed by atoms with E-state index in [1.807, 2.05) is 38.1 Å². The SMILES string of the molecule is Cc1cccc(Cl)c1CC(=O)c1cccc(C(=O)Cc2c(C)cccc2Cl)n1. The van der Waals surface area contributed by atoms with Gasteiger partial charge in [0.2, 0.25) is 0 Å². The van der Waals surface area contributed by atoms with Crippen LogP contribution in [0.5, 0.6) is 0 Å². The first kappa shape index (κ1) is 20.2. The average molecular weight is 412 g/mol. The van der Waals surface area contributed by atoms with Crippen LogP contribution < -0.4 is 0 Å². The van der Waals surface area contributed by atoms with Crippen molar-refractivity contribution < 1.29 is 9.59 Å². The Balaban J connectivity index is 1.82. The van der Waals surface area contributed by atoms with E-state index >= 15 is 0 Å². The number of nitrogens with zero attached hydrogens (tertiary/aromatic N) is 1. The lowest BCUT2D eigenvalue weighted by Crippen LogP contribution is -2.12. The van der Waals surface area contributed by atoms with Crippen LogP contribution >= 0.6 is 23.2 Å². The molecular formula is C23H19Cl2NO2. The van der Waals surface area contributed by atoms with Gasteiger partial charge in [-0.3, -0.25) is 9.59 Å². The summed E-state index contributed by atoms with van der Waals surface area (Å²) >= 11 is 12.4. The van der Waals surface area contributed by atoms with E-state index in [4.69, 9.17) is 23.2 Å². The third kappa shape index (κ3) is 4.49. The Morgan fingerprint density at radius 1 is 0.714 bits per heavy atom. The quantitative estimate of drug-likeness (QED) is 0.477. The molecule has 3 nitrogen and oxygen atoms in total. The highest BCUT2D eigenvalue weighted by molar-refractivity contribution is 6.32. The van der Waals surface area contributed by atoms with Crippen LogP contribution in [0.3, 0.4) is 0 Å². The molecule has 2 aromatic carbocycles. The number of benzene rings is 2. The van der Waals surface area contributed by atoms with E-state index in [-0.39, 0.29) is 35.8 Å². The number of rotatable bonds is 6. The van der Waals surface area contributed by atoms with Crippen molar-refractivity contribution in [3.63, 3.8) is 0 Å². The molecule has 0 unspecified atom stereocenters. The van der Waals surface area contributed by atoms with Crippen molar-refractivity contribution in [2.24, 2.45) is 0 Å². The molecule has 0 aliphatic rings. The smallest absolute Gasteiger partial charge is 0.185 e. The zero-order valence-corrected chi connectivity index (χ0v) is 17.1. The fourth-order valence-corrected chi connectivity index (χ4v) is 3.61. The first-order valence-electron chi connectivity index (χ1n) is 8.88. The van der Waals surface area contributed by atoms with E-state index in [2.05, 4.69) is 4.98 Å². The van der Waals surface area contributed by atoms with Gasteiger partial charge < -0.3 is 0 Å². The maximum Gasteiger partial charge on any atom is 0.185 e. The van der Waals surface area contributed by atoms with Crippen molar-refractivity contribution in [3.8, 4) is 0 Å². The summed E-state index contributed by atoms with van der Waals surface area (Å²) in [5.74, 6) is -0.362. The summed E-state index contributed by atoms with van der Waals surface area (Å²) in [6, 6.07) is 15.9. The van der Waals surface area contributed by atoms with E-state index in [0.717, 1.165) is 22.3 Å². The predicted octanol–water partition coefficient (Wildman–Crippen LogP) is 5.86. The van der Waals surface area contributed by atoms with Crippen molar-refractivity contribution >= 4 is 34.8 Å². The maximum atomic E-state index is 12.7. The molecule has 0 amide bonds. The minimum Gasteiger partial charge on any atom is -0.292 e. The van der Waals surface area contributed by atoms with E-state index in [1.165, 1.54) is 0 Å². The van der Waals surface area contributed by atoms with Gasteiger partial charge in [0.05, 0.1) is 0 Å². The summed E-state index contributed by atoms with van der Waals surface area (Å²) in [6.45, 7) is 3.82. The molecule has 5 heteroatoms. The fourth-order valence-electron chi connectivity index (χ4n) is 3.03. The van der Waals surface area contributed by atoms with Gasteiger partial charge in [-0.05, 0) is 60.4 Å². The molecule has 0 spiro atoms. The minimum atomic E-state index is -0.181. The molecule has 3 rings (SSSR count). The minimum absolute atomic E-state index is 0.139. The zero-order chi connectivity index (χ0) is 20.3. The summed E-state index contributed by atoms with van der Waals surface area (Å²) in [6.07, 6.45) is 0.277. The molecule has 0 fully saturated rings. The Hall–Kier alpha value is -2.49. The van der Waals surface area contributed by atoms with E-state index in [1.54, 1.807) is 30.3 Å². The number of halogens is 2. The van der Waals surface area contributed by atoms with Gasteiger partial charge in [-0.2, -0.15) is 0 Å². The van der Waals surface area contributed by atoms with Crippen molar-refractivity contribution in [2.45, 2.75) is 26.7 Å². The molecule has 1 aromatic heterocycles. The second-order valence-electron chi connectivity index (χ2n) is 6.68. The van der Waals surface area contributed by atoms with E-state index in [0.29, 0.717) is 10.0 Å². The number of aromatic nitrogens is 1. The van der Waals surface area contributed by atoms with E-state index in [9.17, 15) is 9.59 Å². The van der Waals surface area contributed by atoms with Crippen LogP contribution in [0.15, 0.2) is 54.6 Å². The van der Waals surface area contributed by atoms with E-state index < -0.39 is 0 Å². The van der Waals surface area contributed by atoms with Gasteiger partial charge >= 0.3 is 0 Å². The molecular weight excluding hydrogens is 393 g/mol. The summed E-state index contributed by atoms with van der Waals surface area (Å²) < 4.78 is 0. The average Bonchev–Trinajstić information content (AvgIpc) is 2.67. The lowest BCUT2D eigenvalue weighted by Gasteiger charge is -2.09. The van der Waals surface area contributed by atoms with Gasteiger partial charge in [-0.1, -0.05) is 53.5 Å². The van der Waals surface area contributed by atoms with Gasteiger partial charge in [0.15, 0.2) is 11.6 Å². The molecule has 0 saturated heterocycles. The Morgan fingerprint density at radius 3 is 1.50 bits per heavy atom. The molecule has 0 radical (unpaired) electrons. The van der Waals surface area contributed by atoms with Gasteiger partial charge in [0.1, 0.15) is 11.4 Å². The largest absolute Gasteiger partial charge is 0.292 e. The number of carbonyl (C=O) groups excluding carboxylic acids is 2. The molecule has 0 bridgehead atoms. The number of carbonyl (C=O) groups is 2. The predicted molar refractivity (Wildman–Crippen MR) is 113 cm³/mol. The highest BCUT2D eigenvalue weighted by Gasteiger charge is 2.17. The molecule has 3 aromatic rings. The number of Topliss-reactive ketones (excluding diaryl/α,β-unsaturated/α-hetero) is 2. The zero-order valence-electron chi connectivity index (χ0n) is 15.6. The number of aryl methyl sites for hydroxylation is 2. The van der Waals surface area contributed by atoms with Crippen LogP contribution in [0.2, 0.25) is 10.0 Å². The lowest BCUT2D eigenvalue weighted by molar-refractivity contribution is 0.0984. The van der Waals surface area contributed by atoms with Crippen LogP contribution in [-0.2, 0) is 12.8 Å². The molecule has 0 atom stereocenters. The Morgan fingerprint density at radius 2 is 1.11 bits per heavy atom. The molecule has 28 heavy (non-hydrogen) atoms.